The van der Waals surface area contributed by atoms with Crippen LogP contribution in [0.5, 0.6) is 0 Å². The van der Waals surface area contributed by atoms with Crippen LogP contribution in [0.1, 0.15) is 55.3 Å². The van der Waals surface area contributed by atoms with Gasteiger partial charge in [0, 0.05) is 18.0 Å². The van der Waals surface area contributed by atoms with Crippen LogP contribution in [-0.4, -0.2) is 44.8 Å². The van der Waals surface area contributed by atoms with Gasteiger partial charge < -0.3 is 0 Å². The van der Waals surface area contributed by atoms with E-state index >= 15 is 0 Å². The first-order valence-electron chi connectivity index (χ1n) is 12.4. The van der Waals surface area contributed by atoms with Gasteiger partial charge in [0.2, 0.25) is 16.0 Å². The molecule has 2 aliphatic rings. The highest BCUT2D eigenvalue weighted by atomic mass is 32.2. The van der Waals surface area contributed by atoms with Gasteiger partial charge in [-0.05, 0) is 54.9 Å². The molecular formula is C27H25F2N7O2S. The first-order valence-corrected chi connectivity index (χ1v) is 14.3. The number of fused-ring (bicyclic) bond motifs is 5. The molecule has 1 aromatic carbocycles. The molecular weight excluding hydrogens is 524 g/mol. The molecule has 1 fully saturated rings. The minimum absolute atomic E-state index is 0.0247. The van der Waals surface area contributed by atoms with Crippen molar-refractivity contribution in [2.24, 2.45) is 5.41 Å². The number of aryl methyl sites for hydroxylation is 1. The van der Waals surface area contributed by atoms with Crippen molar-refractivity contribution in [3.8, 4) is 22.5 Å². The van der Waals surface area contributed by atoms with Crippen LogP contribution in [0.3, 0.4) is 0 Å². The summed E-state index contributed by atoms with van der Waals surface area (Å²) in [7, 11) is -3.52. The van der Waals surface area contributed by atoms with E-state index in [2.05, 4.69) is 43.7 Å². The Labute approximate surface area is 224 Å². The minimum atomic E-state index is -3.52. The van der Waals surface area contributed by atoms with Crippen LogP contribution in [0.4, 0.5) is 14.7 Å². The maximum Gasteiger partial charge on any atom is 0.236 e. The van der Waals surface area contributed by atoms with Crippen LogP contribution >= 0.6 is 0 Å². The van der Waals surface area contributed by atoms with Crippen molar-refractivity contribution in [1.29, 1.82) is 0 Å². The van der Waals surface area contributed by atoms with Crippen molar-refractivity contribution >= 4 is 16.0 Å². The quantitative estimate of drug-likeness (QED) is 0.385. The lowest BCUT2D eigenvalue weighted by Gasteiger charge is -2.37. The van der Waals surface area contributed by atoms with E-state index in [1.165, 1.54) is 24.4 Å². The summed E-state index contributed by atoms with van der Waals surface area (Å²) in [6.45, 7) is 6.06. The molecule has 3 aromatic heterocycles. The molecule has 2 aliphatic carbocycles. The minimum Gasteiger partial charge on any atom is -0.261 e. The number of hydrogen-bond donors (Lipinski definition) is 1. The monoisotopic (exact) mass is 549 g/mol. The lowest BCUT2D eigenvalue weighted by molar-refractivity contribution is 0.242. The van der Waals surface area contributed by atoms with Gasteiger partial charge in [0.05, 0.1) is 51.9 Å². The van der Waals surface area contributed by atoms with Crippen molar-refractivity contribution in [3.63, 3.8) is 0 Å². The highest BCUT2D eigenvalue weighted by Gasteiger charge is 2.65. The average molecular weight is 550 g/mol. The number of sulfonamides is 1. The van der Waals surface area contributed by atoms with Crippen molar-refractivity contribution in [1.82, 2.24) is 30.1 Å². The number of aromatic nitrogens is 6. The van der Waals surface area contributed by atoms with Crippen LogP contribution in [0.15, 0.2) is 42.9 Å². The lowest BCUT2D eigenvalue weighted by atomic mass is 9.66. The molecule has 0 amide bonds. The second-order valence-electron chi connectivity index (χ2n) is 10.7. The van der Waals surface area contributed by atoms with Crippen molar-refractivity contribution in [3.05, 3.63) is 77.1 Å². The van der Waals surface area contributed by atoms with E-state index in [9.17, 15) is 17.2 Å². The van der Waals surface area contributed by atoms with Gasteiger partial charge in [-0.3, -0.25) is 9.71 Å². The van der Waals surface area contributed by atoms with Crippen LogP contribution in [0.2, 0.25) is 0 Å². The molecule has 0 spiro atoms. The Morgan fingerprint density at radius 3 is 2.46 bits per heavy atom. The van der Waals surface area contributed by atoms with E-state index in [-0.39, 0.29) is 28.5 Å². The van der Waals surface area contributed by atoms with Gasteiger partial charge in [-0.25, -0.2) is 32.2 Å². The topological polar surface area (TPSA) is 124 Å². The molecule has 9 nitrogen and oxygen atoms in total. The third kappa shape index (κ3) is 3.80. The summed E-state index contributed by atoms with van der Waals surface area (Å²) in [4.78, 5) is 17.9. The van der Waals surface area contributed by atoms with E-state index < -0.39 is 27.1 Å². The van der Waals surface area contributed by atoms with Crippen LogP contribution in [0, 0.1) is 24.0 Å². The molecule has 0 aliphatic heterocycles. The molecule has 0 radical (unpaired) electrons. The van der Waals surface area contributed by atoms with E-state index in [1.54, 1.807) is 25.4 Å². The average Bonchev–Trinajstić information content (AvgIpc) is 3.24. The first-order chi connectivity index (χ1) is 18.4. The Morgan fingerprint density at radius 2 is 1.77 bits per heavy atom. The fourth-order valence-electron chi connectivity index (χ4n) is 6.39. The molecule has 3 heterocycles. The van der Waals surface area contributed by atoms with Crippen LogP contribution in [0.25, 0.3) is 22.5 Å². The van der Waals surface area contributed by atoms with Crippen molar-refractivity contribution < 1.29 is 17.2 Å². The molecule has 2 bridgehead atoms. The maximum atomic E-state index is 14.5. The Kier molecular flexibility index (Phi) is 5.55. The third-order valence-corrected chi connectivity index (χ3v) is 8.76. The third-order valence-electron chi connectivity index (χ3n) is 8.20. The second-order valence-corrected chi connectivity index (χ2v) is 12.5. The highest BCUT2D eigenvalue weighted by Crippen LogP contribution is 2.69. The Balaban J connectivity index is 1.45. The Morgan fingerprint density at radius 1 is 1.03 bits per heavy atom. The predicted octanol–water partition coefficient (Wildman–Crippen LogP) is 4.55. The molecule has 0 unspecified atom stereocenters. The summed E-state index contributed by atoms with van der Waals surface area (Å²) in [5, 5.41) is 8.85. The number of anilines is 1. The van der Waals surface area contributed by atoms with E-state index in [4.69, 9.17) is 4.98 Å². The summed E-state index contributed by atoms with van der Waals surface area (Å²) in [6, 6.07) is 5.51. The SMILES string of the molecule is Cc1nc(NS(C)(=O)=O)ncc1-c1cncc([C@@]23CC[C@@H](c4cc(-c5c(F)cccc5F)nnc42)C3(C)C)n1. The Hall–Kier alpha value is -3.93. The van der Waals surface area contributed by atoms with Gasteiger partial charge in [0.15, 0.2) is 0 Å². The van der Waals surface area contributed by atoms with Gasteiger partial charge >= 0.3 is 0 Å². The number of halogens is 2. The van der Waals surface area contributed by atoms with Crippen molar-refractivity contribution in [2.45, 2.75) is 44.9 Å². The zero-order valence-electron chi connectivity index (χ0n) is 21.7. The number of nitrogens with zero attached hydrogens (tertiary/aromatic N) is 6. The molecule has 1 saturated carbocycles. The summed E-state index contributed by atoms with van der Waals surface area (Å²) in [5.74, 6) is -1.30. The number of rotatable bonds is 5. The smallest absolute Gasteiger partial charge is 0.236 e. The van der Waals surface area contributed by atoms with Gasteiger partial charge in [0.25, 0.3) is 0 Å². The molecule has 12 heteroatoms. The number of nitrogens with one attached hydrogen (secondary N) is 1. The summed E-state index contributed by atoms with van der Waals surface area (Å²) in [6.07, 6.45) is 7.50. The lowest BCUT2D eigenvalue weighted by Crippen LogP contribution is -2.38. The number of hydrogen-bond acceptors (Lipinski definition) is 8. The molecule has 1 N–H and O–H groups in total. The van der Waals surface area contributed by atoms with E-state index in [0.717, 1.165) is 30.4 Å². The zero-order valence-corrected chi connectivity index (χ0v) is 22.5. The fraction of sp³-hybridized carbons (Fsp3) is 0.333. The summed E-state index contributed by atoms with van der Waals surface area (Å²) in [5.41, 5.74) is 3.11. The first kappa shape index (κ1) is 25.4. The molecule has 39 heavy (non-hydrogen) atoms. The Bertz CT molecular complexity index is 1740. The molecule has 4 aromatic rings. The van der Waals surface area contributed by atoms with Gasteiger partial charge in [-0.15, -0.1) is 5.10 Å². The van der Waals surface area contributed by atoms with E-state index in [1.807, 2.05) is 0 Å². The standard InChI is InChI=1S/C27H25F2N7O2S/c1-14-16(11-31-25(32-14)36-39(4,37)38)21-12-30-13-22(33-21)27-9-8-17(26(27,2)3)15-10-20(34-35-24(15)27)23-18(28)6-5-7-19(23)29/h5-7,10-13,17H,8-9H2,1-4H3,(H,31,32,36)/t17-,27-/m0/s1. The zero-order chi connectivity index (χ0) is 27.7. The van der Waals surface area contributed by atoms with Gasteiger partial charge in [0.1, 0.15) is 11.6 Å². The number of benzene rings is 1. The fourth-order valence-corrected chi connectivity index (χ4v) is 6.82. The molecule has 2 atom stereocenters. The van der Waals surface area contributed by atoms with E-state index in [0.29, 0.717) is 22.6 Å². The molecule has 200 valence electrons. The van der Waals surface area contributed by atoms with Gasteiger partial charge in [-0.2, -0.15) is 5.10 Å². The van der Waals surface area contributed by atoms with Crippen LogP contribution in [-0.2, 0) is 15.4 Å². The summed E-state index contributed by atoms with van der Waals surface area (Å²) >= 11 is 0. The summed E-state index contributed by atoms with van der Waals surface area (Å²) < 4.78 is 54.5. The molecule has 0 saturated heterocycles. The van der Waals surface area contributed by atoms with Crippen LogP contribution < -0.4 is 4.72 Å². The van der Waals surface area contributed by atoms with Gasteiger partial charge in [-0.1, -0.05) is 19.9 Å². The van der Waals surface area contributed by atoms with Crippen molar-refractivity contribution in [2.75, 3.05) is 11.0 Å². The predicted molar refractivity (Wildman–Crippen MR) is 140 cm³/mol. The highest BCUT2D eigenvalue weighted by molar-refractivity contribution is 7.91. The maximum absolute atomic E-state index is 14.5. The second kappa shape index (κ2) is 8.54. The molecule has 6 rings (SSSR count). The normalized spacial score (nSPS) is 21.1. The largest absolute Gasteiger partial charge is 0.261 e.